The Morgan fingerprint density at radius 2 is 2.29 bits per heavy atom. The number of nitro groups is 1. The number of nitrogens with zero attached hydrogens (tertiary/aromatic N) is 2. The Bertz CT molecular complexity index is 589. The van der Waals surface area contributed by atoms with Crippen LogP contribution < -0.4 is 5.73 Å². The number of carbonyl (C=O) groups excluding carboxylic acids is 1. The molecule has 0 saturated carbocycles. The van der Waals surface area contributed by atoms with E-state index in [2.05, 4.69) is 0 Å². The molecule has 2 N–H and O–H groups in total. The van der Waals surface area contributed by atoms with E-state index in [1.807, 2.05) is 6.07 Å². The third kappa shape index (κ3) is 4.72. The number of non-ortho nitro benzene ring substituents is 1. The number of hydrogen-bond acceptors (Lipinski definition) is 5. The number of nitrogens with two attached hydrogens (primary N) is 1. The molecule has 0 spiro atoms. The SMILES string of the molecule is C[C@@H](C#N)SCCC(C(N)=O)c1cc([N+](=O)[O-])ccc1F. The topological polar surface area (TPSA) is 110 Å². The molecule has 6 nitrogen and oxygen atoms in total. The molecule has 1 unspecified atom stereocenters. The first kappa shape index (κ1) is 16.9. The van der Waals surface area contributed by atoms with Crippen LogP contribution in [0.25, 0.3) is 0 Å². The minimum atomic E-state index is -0.955. The average molecular weight is 311 g/mol. The minimum absolute atomic E-state index is 0.0816. The van der Waals surface area contributed by atoms with Gasteiger partial charge >= 0.3 is 0 Å². The van der Waals surface area contributed by atoms with Crippen molar-refractivity contribution >= 4 is 23.4 Å². The van der Waals surface area contributed by atoms with Crippen LogP contribution in [0, 0.1) is 27.3 Å². The van der Waals surface area contributed by atoms with Gasteiger partial charge < -0.3 is 5.73 Å². The fourth-order valence-corrected chi connectivity index (χ4v) is 2.56. The maximum Gasteiger partial charge on any atom is 0.269 e. The summed E-state index contributed by atoms with van der Waals surface area (Å²) in [6.07, 6.45) is 0.212. The fraction of sp³-hybridized carbons (Fsp3) is 0.385. The van der Waals surface area contributed by atoms with Crippen molar-refractivity contribution in [2.24, 2.45) is 5.73 Å². The van der Waals surface area contributed by atoms with Crippen LogP contribution in [0.2, 0.25) is 0 Å². The Kier molecular flexibility index (Phi) is 6.11. The normalized spacial score (nSPS) is 13.2. The predicted molar refractivity (Wildman–Crippen MR) is 77.1 cm³/mol. The van der Waals surface area contributed by atoms with Gasteiger partial charge in [-0.2, -0.15) is 5.26 Å². The fourth-order valence-electron chi connectivity index (χ4n) is 1.76. The molecular weight excluding hydrogens is 297 g/mol. The van der Waals surface area contributed by atoms with Crippen LogP contribution >= 0.6 is 11.8 Å². The monoisotopic (exact) mass is 311 g/mol. The number of nitro benzene ring substituents is 1. The lowest BCUT2D eigenvalue weighted by atomic mass is 9.95. The van der Waals surface area contributed by atoms with E-state index >= 15 is 0 Å². The molecule has 1 rings (SSSR count). The maximum atomic E-state index is 13.8. The van der Waals surface area contributed by atoms with Crippen molar-refractivity contribution in [3.63, 3.8) is 0 Å². The van der Waals surface area contributed by atoms with E-state index in [9.17, 15) is 19.3 Å². The molecule has 1 aromatic carbocycles. The van der Waals surface area contributed by atoms with Crippen LogP contribution in [0.5, 0.6) is 0 Å². The first-order chi connectivity index (χ1) is 9.86. The standard InChI is InChI=1S/C13H14FN3O3S/c1-8(7-15)21-5-4-10(13(16)18)11-6-9(17(19)20)2-3-12(11)14/h2-3,6,8,10H,4-5H2,1H3,(H2,16,18)/t8-,10?/m0/s1. The Balaban J connectivity index is 2.95. The van der Waals surface area contributed by atoms with Crippen molar-refractivity contribution < 1.29 is 14.1 Å². The van der Waals surface area contributed by atoms with Crippen molar-refractivity contribution in [2.75, 3.05) is 5.75 Å². The molecule has 2 atom stereocenters. The van der Waals surface area contributed by atoms with Crippen LogP contribution in [0.15, 0.2) is 18.2 Å². The molecule has 0 radical (unpaired) electrons. The van der Waals surface area contributed by atoms with Gasteiger partial charge in [-0.1, -0.05) is 0 Å². The summed E-state index contributed by atoms with van der Waals surface area (Å²) in [5, 5.41) is 19.1. The molecule has 0 bridgehead atoms. The van der Waals surface area contributed by atoms with Crippen LogP contribution in [0.3, 0.4) is 0 Å². The van der Waals surface area contributed by atoms with Gasteiger partial charge in [0.1, 0.15) is 5.82 Å². The van der Waals surface area contributed by atoms with Crippen molar-refractivity contribution in [1.82, 2.24) is 0 Å². The van der Waals surface area contributed by atoms with Gasteiger partial charge in [0.2, 0.25) is 5.91 Å². The number of nitriles is 1. The van der Waals surface area contributed by atoms with E-state index in [0.29, 0.717) is 5.75 Å². The molecule has 0 fully saturated rings. The molecular formula is C13H14FN3O3S. The molecule has 1 amide bonds. The van der Waals surface area contributed by atoms with Crippen LogP contribution in [-0.4, -0.2) is 21.8 Å². The van der Waals surface area contributed by atoms with Gasteiger partial charge in [-0.05, 0) is 25.2 Å². The molecule has 0 aliphatic heterocycles. The highest BCUT2D eigenvalue weighted by Crippen LogP contribution is 2.28. The average Bonchev–Trinajstić information content (AvgIpc) is 2.43. The van der Waals surface area contributed by atoms with Crippen LogP contribution in [-0.2, 0) is 4.79 Å². The highest BCUT2D eigenvalue weighted by Gasteiger charge is 2.24. The van der Waals surface area contributed by atoms with E-state index in [0.717, 1.165) is 18.2 Å². The summed E-state index contributed by atoms with van der Waals surface area (Å²) < 4.78 is 13.8. The molecule has 21 heavy (non-hydrogen) atoms. The third-order valence-electron chi connectivity index (χ3n) is 2.87. The number of thioether (sulfide) groups is 1. The van der Waals surface area contributed by atoms with E-state index in [-0.39, 0.29) is 22.9 Å². The van der Waals surface area contributed by atoms with Crippen molar-refractivity contribution in [3.8, 4) is 6.07 Å². The lowest BCUT2D eigenvalue weighted by Crippen LogP contribution is -2.23. The van der Waals surface area contributed by atoms with E-state index in [1.165, 1.54) is 11.8 Å². The maximum absolute atomic E-state index is 13.8. The highest BCUT2D eigenvalue weighted by molar-refractivity contribution is 8.00. The number of benzene rings is 1. The number of rotatable bonds is 7. The number of primary amides is 1. The number of amides is 1. The van der Waals surface area contributed by atoms with Gasteiger partial charge in [-0.15, -0.1) is 11.8 Å². The van der Waals surface area contributed by atoms with Gasteiger partial charge in [0.25, 0.3) is 5.69 Å². The zero-order valence-electron chi connectivity index (χ0n) is 11.3. The second-order valence-electron chi connectivity index (χ2n) is 4.35. The molecule has 1 aromatic rings. The quantitative estimate of drug-likeness (QED) is 0.614. The second-order valence-corrected chi connectivity index (χ2v) is 5.80. The van der Waals surface area contributed by atoms with Crippen LogP contribution in [0.4, 0.5) is 10.1 Å². The van der Waals surface area contributed by atoms with Crippen molar-refractivity contribution in [2.45, 2.75) is 24.5 Å². The predicted octanol–water partition coefficient (Wildman–Crippen LogP) is 2.34. The second kappa shape index (κ2) is 7.59. The van der Waals surface area contributed by atoms with Gasteiger partial charge in [0.15, 0.2) is 0 Å². The largest absolute Gasteiger partial charge is 0.369 e. The summed E-state index contributed by atoms with van der Waals surface area (Å²) in [6, 6.07) is 5.04. The van der Waals surface area contributed by atoms with E-state index in [4.69, 9.17) is 11.0 Å². The first-order valence-corrected chi connectivity index (χ1v) is 7.16. The molecule has 0 aromatic heterocycles. The first-order valence-electron chi connectivity index (χ1n) is 6.11. The molecule has 0 saturated heterocycles. The summed E-state index contributed by atoms with van der Waals surface area (Å²) in [4.78, 5) is 21.6. The zero-order chi connectivity index (χ0) is 16.0. The smallest absolute Gasteiger partial charge is 0.269 e. The number of hydrogen-bond donors (Lipinski definition) is 1. The molecule has 112 valence electrons. The van der Waals surface area contributed by atoms with E-state index < -0.39 is 22.6 Å². The lowest BCUT2D eigenvalue weighted by Gasteiger charge is -2.14. The van der Waals surface area contributed by atoms with Crippen molar-refractivity contribution in [1.29, 1.82) is 5.26 Å². The summed E-state index contributed by atoms with van der Waals surface area (Å²) in [5.74, 6) is -1.99. The Hall–Kier alpha value is -2.14. The number of halogens is 1. The highest BCUT2D eigenvalue weighted by atomic mass is 32.2. The summed E-state index contributed by atoms with van der Waals surface area (Å²) in [6.45, 7) is 1.71. The molecule has 0 aliphatic rings. The Morgan fingerprint density at radius 3 is 2.81 bits per heavy atom. The minimum Gasteiger partial charge on any atom is -0.369 e. The lowest BCUT2D eigenvalue weighted by molar-refractivity contribution is -0.385. The van der Waals surface area contributed by atoms with E-state index in [1.54, 1.807) is 6.92 Å². The van der Waals surface area contributed by atoms with Gasteiger partial charge in [-0.3, -0.25) is 14.9 Å². The van der Waals surface area contributed by atoms with Gasteiger partial charge in [0, 0.05) is 17.7 Å². The Labute approximate surface area is 125 Å². The summed E-state index contributed by atoms with van der Waals surface area (Å²) in [7, 11) is 0. The Morgan fingerprint density at radius 1 is 1.62 bits per heavy atom. The van der Waals surface area contributed by atoms with Gasteiger partial charge in [-0.25, -0.2) is 4.39 Å². The number of carbonyl (C=O) groups is 1. The van der Waals surface area contributed by atoms with Crippen LogP contribution in [0.1, 0.15) is 24.8 Å². The molecule has 8 heteroatoms. The zero-order valence-corrected chi connectivity index (χ0v) is 12.1. The third-order valence-corrected chi connectivity index (χ3v) is 3.94. The molecule has 0 heterocycles. The van der Waals surface area contributed by atoms with Gasteiger partial charge in [0.05, 0.1) is 22.2 Å². The summed E-state index contributed by atoms with van der Waals surface area (Å²) >= 11 is 1.31. The summed E-state index contributed by atoms with van der Waals surface area (Å²) in [5.41, 5.74) is 4.89. The molecule has 0 aliphatic carbocycles. The van der Waals surface area contributed by atoms with Crippen molar-refractivity contribution in [3.05, 3.63) is 39.7 Å².